The summed E-state index contributed by atoms with van der Waals surface area (Å²) in [5, 5.41) is 8.65. The highest BCUT2D eigenvalue weighted by Crippen LogP contribution is 2.53. The predicted molar refractivity (Wildman–Crippen MR) is 216 cm³/mol. The molecule has 0 saturated carbocycles. The van der Waals surface area contributed by atoms with Crippen LogP contribution in [-0.2, 0) is 6.42 Å². The van der Waals surface area contributed by atoms with Gasteiger partial charge >= 0.3 is 0 Å². The highest BCUT2D eigenvalue weighted by molar-refractivity contribution is 7.22. The number of unbranched alkanes of at least 4 members (excludes halogenated alkanes) is 20. The molecule has 0 spiro atoms. The van der Waals surface area contributed by atoms with E-state index in [1.165, 1.54) is 181 Å². The van der Waals surface area contributed by atoms with E-state index in [1.54, 1.807) is 4.88 Å². The first-order valence-corrected chi connectivity index (χ1v) is 22.0. The molecule has 4 heteroatoms. The molecule has 1 N–H and O–H groups in total. The van der Waals surface area contributed by atoms with Crippen molar-refractivity contribution in [2.75, 3.05) is 5.32 Å². The van der Waals surface area contributed by atoms with Crippen LogP contribution < -0.4 is 10.1 Å². The highest BCUT2D eigenvalue weighted by atomic mass is 32.1. The predicted octanol–water partition coefficient (Wildman–Crippen LogP) is 16.5. The average Bonchev–Trinajstić information content (AvgIpc) is 3.77. The fourth-order valence-electron chi connectivity index (χ4n) is 7.78. The van der Waals surface area contributed by atoms with Crippen LogP contribution in [0.5, 0.6) is 11.5 Å². The number of rotatable bonds is 26. The molecule has 0 bridgehead atoms. The van der Waals surface area contributed by atoms with Crippen molar-refractivity contribution in [2.24, 2.45) is 5.92 Å². The maximum absolute atomic E-state index is 6.63. The molecule has 5 rings (SSSR count). The van der Waals surface area contributed by atoms with Gasteiger partial charge in [0.2, 0.25) is 0 Å². The first-order valence-electron chi connectivity index (χ1n) is 20.3. The number of anilines is 2. The normalized spacial score (nSPS) is 13.0. The van der Waals surface area contributed by atoms with Crippen molar-refractivity contribution < 1.29 is 4.74 Å². The quantitative estimate of drug-likeness (QED) is 0.0584. The average molecular weight is 688 g/mol. The number of ether oxygens (including phenoxy) is 1. The number of fused-ring (bicyclic) bond motifs is 7. The molecule has 2 aromatic heterocycles. The van der Waals surface area contributed by atoms with Gasteiger partial charge in [0.05, 0.1) is 16.1 Å². The molecule has 2 aromatic carbocycles. The lowest BCUT2D eigenvalue weighted by atomic mass is 9.90. The number of hydrogen-bond acceptors (Lipinski definition) is 4. The van der Waals surface area contributed by atoms with E-state index in [0.717, 1.165) is 28.8 Å². The van der Waals surface area contributed by atoms with Crippen LogP contribution in [0.4, 0.5) is 11.4 Å². The van der Waals surface area contributed by atoms with Crippen molar-refractivity contribution in [3.63, 3.8) is 0 Å². The van der Waals surface area contributed by atoms with Gasteiger partial charge in [-0.25, -0.2) is 0 Å². The minimum atomic E-state index is 0.796. The summed E-state index contributed by atoms with van der Waals surface area (Å²) in [6.45, 7) is 4.62. The summed E-state index contributed by atoms with van der Waals surface area (Å²) in [6, 6.07) is 13.1. The molecule has 0 aliphatic carbocycles. The lowest BCUT2D eigenvalue weighted by molar-refractivity contribution is 0.401. The summed E-state index contributed by atoms with van der Waals surface area (Å²) in [7, 11) is 0. The number of para-hydroxylation sites is 2. The molecule has 0 amide bonds. The summed E-state index contributed by atoms with van der Waals surface area (Å²) in [4.78, 5) is 1.55. The van der Waals surface area contributed by atoms with Crippen LogP contribution in [0.1, 0.15) is 173 Å². The molecule has 48 heavy (non-hydrogen) atoms. The number of benzene rings is 2. The van der Waals surface area contributed by atoms with Crippen LogP contribution in [0.15, 0.2) is 41.8 Å². The fraction of sp³-hybridized carbons (Fsp3) is 0.636. The van der Waals surface area contributed by atoms with Crippen molar-refractivity contribution in [2.45, 2.75) is 174 Å². The van der Waals surface area contributed by atoms with Gasteiger partial charge in [-0.3, -0.25) is 0 Å². The van der Waals surface area contributed by atoms with Crippen molar-refractivity contribution in [3.05, 3.63) is 46.7 Å². The molecule has 0 radical (unpaired) electrons. The number of thiophene rings is 2. The SMILES string of the molecule is CCCCCCCCCCCCCCC(CCCCCCCCCCCC)Cc1cc2c(s1)c1c(c3ccsc32)Nc2ccccc2O1. The van der Waals surface area contributed by atoms with E-state index < -0.39 is 0 Å². The molecule has 4 aromatic rings. The molecule has 1 atom stereocenters. The molecule has 0 fully saturated rings. The minimum Gasteiger partial charge on any atom is -0.451 e. The molecule has 0 saturated heterocycles. The Kier molecular flexibility index (Phi) is 16.5. The van der Waals surface area contributed by atoms with Gasteiger partial charge in [0.15, 0.2) is 11.5 Å². The fourth-order valence-corrected chi connectivity index (χ4v) is 10.0. The summed E-state index contributed by atoms with van der Waals surface area (Å²) in [5.41, 5.74) is 2.21. The number of hydrogen-bond donors (Lipinski definition) is 1. The lowest BCUT2D eigenvalue weighted by Gasteiger charge is -2.23. The second-order valence-electron chi connectivity index (χ2n) is 14.8. The van der Waals surface area contributed by atoms with Crippen LogP contribution in [-0.4, -0.2) is 0 Å². The van der Waals surface area contributed by atoms with Crippen molar-refractivity contribution in [1.29, 1.82) is 0 Å². The first-order chi connectivity index (χ1) is 23.8. The second-order valence-corrected chi connectivity index (χ2v) is 16.8. The van der Waals surface area contributed by atoms with Crippen LogP contribution in [0.2, 0.25) is 0 Å². The summed E-state index contributed by atoms with van der Waals surface area (Å²) in [6.07, 6.45) is 35.4. The maximum Gasteiger partial charge on any atom is 0.169 e. The third-order valence-electron chi connectivity index (χ3n) is 10.7. The Labute approximate surface area is 301 Å². The van der Waals surface area contributed by atoms with E-state index in [2.05, 4.69) is 60.9 Å². The van der Waals surface area contributed by atoms with Crippen LogP contribution in [0.25, 0.3) is 20.2 Å². The van der Waals surface area contributed by atoms with Gasteiger partial charge in [-0.1, -0.05) is 180 Å². The maximum atomic E-state index is 6.63. The zero-order valence-corrected chi connectivity index (χ0v) is 32.2. The smallest absolute Gasteiger partial charge is 0.169 e. The molecule has 2 nitrogen and oxygen atoms in total. The Balaban J connectivity index is 1.14. The third kappa shape index (κ3) is 11.2. The van der Waals surface area contributed by atoms with Gasteiger partial charge in [0.1, 0.15) is 0 Å². The van der Waals surface area contributed by atoms with Gasteiger partial charge < -0.3 is 10.1 Å². The van der Waals surface area contributed by atoms with Crippen molar-refractivity contribution >= 4 is 54.2 Å². The molecular weight excluding hydrogens is 623 g/mol. The van der Waals surface area contributed by atoms with Gasteiger partial charge in [-0.2, -0.15) is 0 Å². The second kappa shape index (κ2) is 21.2. The van der Waals surface area contributed by atoms with E-state index in [0.29, 0.717) is 0 Å². The van der Waals surface area contributed by atoms with Crippen LogP contribution in [0, 0.1) is 5.92 Å². The highest BCUT2D eigenvalue weighted by Gasteiger charge is 2.25. The van der Waals surface area contributed by atoms with E-state index >= 15 is 0 Å². The molecule has 1 aliphatic heterocycles. The zero-order valence-electron chi connectivity index (χ0n) is 30.5. The standard InChI is InChI=1S/C44H65NOS2/c1-3-5-7-9-11-13-15-16-18-20-22-24-28-35(27-23-21-19-17-14-12-10-8-6-4-2)33-36-34-38-43-37(31-32-47-43)41-42(44(38)48-36)46-40-30-26-25-29-39(40)45-41/h25-26,29-32,34-35,45H,3-24,27-28,33H2,1-2H3. The lowest BCUT2D eigenvalue weighted by Crippen LogP contribution is -2.04. The Bertz CT molecular complexity index is 1470. The van der Waals surface area contributed by atoms with E-state index in [-0.39, 0.29) is 0 Å². The Morgan fingerprint density at radius 3 is 1.73 bits per heavy atom. The van der Waals surface area contributed by atoms with Crippen molar-refractivity contribution in [1.82, 2.24) is 0 Å². The number of nitrogens with one attached hydrogen (secondary N) is 1. The molecule has 1 unspecified atom stereocenters. The Hall–Kier alpha value is -2.04. The van der Waals surface area contributed by atoms with E-state index in [4.69, 9.17) is 4.74 Å². The zero-order chi connectivity index (χ0) is 33.2. The Morgan fingerprint density at radius 2 is 1.15 bits per heavy atom. The van der Waals surface area contributed by atoms with Crippen molar-refractivity contribution in [3.8, 4) is 11.5 Å². The van der Waals surface area contributed by atoms with Gasteiger partial charge in [-0.15, -0.1) is 22.7 Å². The molecule has 264 valence electrons. The monoisotopic (exact) mass is 687 g/mol. The summed E-state index contributed by atoms with van der Waals surface area (Å²) in [5.74, 6) is 2.75. The summed E-state index contributed by atoms with van der Waals surface area (Å²) < 4.78 is 9.34. The largest absolute Gasteiger partial charge is 0.451 e. The van der Waals surface area contributed by atoms with Gasteiger partial charge in [0, 0.05) is 20.3 Å². The molecule has 1 aliphatic rings. The minimum absolute atomic E-state index is 0.796. The molecular formula is C44H65NOS2. The van der Waals surface area contributed by atoms with Gasteiger partial charge in [0.25, 0.3) is 0 Å². The first kappa shape index (κ1) is 37.2. The topological polar surface area (TPSA) is 21.3 Å². The van der Waals surface area contributed by atoms with Crippen LogP contribution in [0.3, 0.4) is 0 Å². The van der Waals surface area contributed by atoms with E-state index in [1.807, 2.05) is 22.7 Å². The third-order valence-corrected chi connectivity index (χ3v) is 12.8. The molecule has 3 heterocycles. The summed E-state index contributed by atoms with van der Waals surface area (Å²) >= 11 is 3.87. The van der Waals surface area contributed by atoms with E-state index in [9.17, 15) is 0 Å². The van der Waals surface area contributed by atoms with Gasteiger partial charge in [-0.05, 0) is 42.0 Å². The van der Waals surface area contributed by atoms with Crippen LogP contribution >= 0.6 is 22.7 Å². The Morgan fingerprint density at radius 1 is 0.604 bits per heavy atom.